The lowest BCUT2D eigenvalue weighted by Gasteiger charge is -2.06. The molecular weight excluding hydrogens is 274 g/mol. The summed E-state index contributed by atoms with van der Waals surface area (Å²) in [4.78, 5) is 11.7. The van der Waals surface area contributed by atoms with Gasteiger partial charge in [0, 0.05) is 32.7 Å². The van der Waals surface area contributed by atoms with Gasteiger partial charge in [0.15, 0.2) is 0 Å². The highest BCUT2D eigenvalue weighted by molar-refractivity contribution is 5.77. The number of methoxy groups -OCH3 is 1. The fourth-order valence-corrected chi connectivity index (χ4v) is 1.88. The van der Waals surface area contributed by atoms with Crippen LogP contribution in [-0.2, 0) is 28.9 Å². The van der Waals surface area contributed by atoms with Gasteiger partial charge in [-0.05, 0) is 6.92 Å². The van der Waals surface area contributed by atoms with Gasteiger partial charge in [-0.1, -0.05) is 5.16 Å². The zero-order valence-electron chi connectivity index (χ0n) is 12.2. The molecule has 0 saturated heterocycles. The van der Waals surface area contributed by atoms with Crippen molar-refractivity contribution in [3.8, 4) is 0 Å². The van der Waals surface area contributed by atoms with E-state index in [1.54, 1.807) is 19.5 Å². The van der Waals surface area contributed by atoms with Crippen molar-refractivity contribution in [2.75, 3.05) is 20.3 Å². The SMILES string of the molecule is COCCn1cnnc1CCNC(=O)Cc1cc(C)no1. The molecule has 0 saturated carbocycles. The number of hydrogen-bond donors (Lipinski definition) is 1. The van der Waals surface area contributed by atoms with E-state index in [-0.39, 0.29) is 12.3 Å². The van der Waals surface area contributed by atoms with E-state index >= 15 is 0 Å². The summed E-state index contributed by atoms with van der Waals surface area (Å²) in [6, 6.07) is 1.75. The Morgan fingerprint density at radius 2 is 2.38 bits per heavy atom. The molecule has 0 aliphatic rings. The monoisotopic (exact) mass is 293 g/mol. The van der Waals surface area contributed by atoms with Crippen molar-refractivity contribution < 1.29 is 14.1 Å². The van der Waals surface area contributed by atoms with Crippen molar-refractivity contribution in [1.29, 1.82) is 0 Å². The molecule has 2 heterocycles. The third-order valence-electron chi connectivity index (χ3n) is 2.91. The maximum atomic E-state index is 11.7. The molecule has 2 aromatic rings. The first kappa shape index (κ1) is 15.2. The number of nitrogens with one attached hydrogen (secondary N) is 1. The van der Waals surface area contributed by atoms with Gasteiger partial charge in [0.25, 0.3) is 0 Å². The fourth-order valence-electron chi connectivity index (χ4n) is 1.88. The van der Waals surface area contributed by atoms with Crippen LogP contribution in [0.25, 0.3) is 0 Å². The third-order valence-corrected chi connectivity index (χ3v) is 2.91. The normalized spacial score (nSPS) is 10.8. The molecule has 0 fully saturated rings. The third kappa shape index (κ3) is 4.67. The Bertz CT molecular complexity index is 578. The molecule has 0 radical (unpaired) electrons. The summed E-state index contributed by atoms with van der Waals surface area (Å²) in [6.45, 7) is 3.61. The number of amides is 1. The second kappa shape index (κ2) is 7.53. The number of aromatic nitrogens is 4. The summed E-state index contributed by atoms with van der Waals surface area (Å²) in [5.41, 5.74) is 0.768. The van der Waals surface area contributed by atoms with E-state index in [2.05, 4.69) is 20.7 Å². The van der Waals surface area contributed by atoms with Crippen LogP contribution in [0.2, 0.25) is 0 Å². The molecule has 0 aliphatic carbocycles. The molecule has 114 valence electrons. The first-order valence-electron chi connectivity index (χ1n) is 6.73. The lowest BCUT2D eigenvalue weighted by Crippen LogP contribution is -2.28. The zero-order valence-corrected chi connectivity index (χ0v) is 12.2. The van der Waals surface area contributed by atoms with Gasteiger partial charge in [-0.15, -0.1) is 10.2 Å². The van der Waals surface area contributed by atoms with Crippen LogP contribution in [0.1, 0.15) is 17.3 Å². The van der Waals surface area contributed by atoms with E-state index in [9.17, 15) is 4.79 Å². The number of aryl methyl sites for hydroxylation is 1. The first-order chi connectivity index (χ1) is 10.2. The Morgan fingerprint density at radius 3 is 3.10 bits per heavy atom. The van der Waals surface area contributed by atoms with Crippen LogP contribution in [0.3, 0.4) is 0 Å². The molecular formula is C13H19N5O3. The molecule has 2 rings (SSSR count). The fraction of sp³-hybridized carbons (Fsp3) is 0.538. The molecule has 8 nitrogen and oxygen atoms in total. The average Bonchev–Trinajstić information content (AvgIpc) is 3.06. The van der Waals surface area contributed by atoms with Crippen LogP contribution < -0.4 is 5.32 Å². The van der Waals surface area contributed by atoms with Crippen LogP contribution >= 0.6 is 0 Å². The van der Waals surface area contributed by atoms with Gasteiger partial charge >= 0.3 is 0 Å². The van der Waals surface area contributed by atoms with Crippen molar-refractivity contribution >= 4 is 5.91 Å². The average molecular weight is 293 g/mol. The van der Waals surface area contributed by atoms with Crippen LogP contribution in [0.5, 0.6) is 0 Å². The Balaban J connectivity index is 1.73. The van der Waals surface area contributed by atoms with E-state index in [4.69, 9.17) is 9.26 Å². The summed E-state index contributed by atoms with van der Waals surface area (Å²) in [7, 11) is 1.65. The molecule has 0 aliphatic heterocycles. The Kier molecular flexibility index (Phi) is 5.44. The van der Waals surface area contributed by atoms with Gasteiger partial charge < -0.3 is 19.1 Å². The van der Waals surface area contributed by atoms with Crippen LogP contribution in [0.4, 0.5) is 0 Å². The quantitative estimate of drug-likeness (QED) is 0.743. The largest absolute Gasteiger partial charge is 0.383 e. The lowest BCUT2D eigenvalue weighted by molar-refractivity contribution is -0.120. The maximum Gasteiger partial charge on any atom is 0.227 e. The summed E-state index contributed by atoms with van der Waals surface area (Å²) in [6.07, 6.45) is 2.47. The number of ether oxygens (including phenoxy) is 1. The van der Waals surface area contributed by atoms with Crippen molar-refractivity contribution in [2.45, 2.75) is 26.3 Å². The minimum absolute atomic E-state index is 0.103. The second-order valence-electron chi connectivity index (χ2n) is 4.64. The molecule has 0 unspecified atom stereocenters. The van der Waals surface area contributed by atoms with Gasteiger partial charge in [-0.3, -0.25) is 4.79 Å². The maximum absolute atomic E-state index is 11.7. The Hall–Kier alpha value is -2.22. The number of rotatable bonds is 8. The molecule has 1 amide bonds. The molecule has 0 bridgehead atoms. The van der Waals surface area contributed by atoms with E-state index in [1.807, 2.05) is 11.5 Å². The van der Waals surface area contributed by atoms with Gasteiger partial charge in [0.05, 0.1) is 18.7 Å². The van der Waals surface area contributed by atoms with E-state index in [1.165, 1.54) is 0 Å². The van der Waals surface area contributed by atoms with E-state index < -0.39 is 0 Å². The standard InChI is InChI=1S/C13H19N5O3/c1-10-7-11(21-17-10)8-13(19)14-4-3-12-16-15-9-18(12)5-6-20-2/h7,9H,3-6,8H2,1-2H3,(H,14,19). The molecule has 0 aromatic carbocycles. The van der Waals surface area contributed by atoms with Crippen LogP contribution in [-0.4, -0.2) is 46.1 Å². The van der Waals surface area contributed by atoms with E-state index in [0.717, 1.165) is 11.5 Å². The minimum Gasteiger partial charge on any atom is -0.383 e. The van der Waals surface area contributed by atoms with Gasteiger partial charge in [0.1, 0.15) is 17.9 Å². The lowest BCUT2D eigenvalue weighted by atomic mass is 10.3. The Morgan fingerprint density at radius 1 is 1.52 bits per heavy atom. The molecule has 8 heteroatoms. The molecule has 0 atom stereocenters. The van der Waals surface area contributed by atoms with Crippen molar-refractivity contribution in [2.24, 2.45) is 0 Å². The van der Waals surface area contributed by atoms with Crippen LogP contribution in [0.15, 0.2) is 16.9 Å². The summed E-state index contributed by atoms with van der Waals surface area (Å²) in [5, 5.41) is 14.5. The number of hydrogen-bond acceptors (Lipinski definition) is 6. The molecule has 0 spiro atoms. The van der Waals surface area contributed by atoms with Gasteiger partial charge in [-0.25, -0.2) is 0 Å². The summed E-state index contributed by atoms with van der Waals surface area (Å²) >= 11 is 0. The van der Waals surface area contributed by atoms with Gasteiger partial charge in [-0.2, -0.15) is 0 Å². The second-order valence-corrected chi connectivity index (χ2v) is 4.64. The Labute approximate surface area is 122 Å². The predicted molar refractivity (Wildman–Crippen MR) is 73.6 cm³/mol. The highest BCUT2D eigenvalue weighted by Gasteiger charge is 2.09. The van der Waals surface area contributed by atoms with Crippen molar-refractivity contribution in [1.82, 2.24) is 25.2 Å². The number of carbonyl (C=O) groups is 1. The highest BCUT2D eigenvalue weighted by Crippen LogP contribution is 2.02. The zero-order chi connectivity index (χ0) is 15.1. The van der Waals surface area contributed by atoms with Crippen molar-refractivity contribution in [3.05, 3.63) is 29.7 Å². The summed E-state index contributed by atoms with van der Waals surface area (Å²) < 4.78 is 11.9. The predicted octanol–water partition coefficient (Wildman–Crippen LogP) is 0.122. The minimum atomic E-state index is -0.103. The van der Waals surface area contributed by atoms with Crippen molar-refractivity contribution in [3.63, 3.8) is 0 Å². The van der Waals surface area contributed by atoms with E-state index in [0.29, 0.717) is 31.9 Å². The van der Waals surface area contributed by atoms with Crippen LogP contribution in [0, 0.1) is 6.92 Å². The summed E-state index contributed by atoms with van der Waals surface area (Å²) in [5.74, 6) is 1.28. The number of nitrogens with zero attached hydrogens (tertiary/aromatic N) is 4. The molecule has 21 heavy (non-hydrogen) atoms. The molecule has 2 aromatic heterocycles. The smallest absolute Gasteiger partial charge is 0.227 e. The molecule has 1 N–H and O–H groups in total. The highest BCUT2D eigenvalue weighted by atomic mass is 16.5. The number of carbonyl (C=O) groups excluding carboxylic acids is 1. The first-order valence-corrected chi connectivity index (χ1v) is 6.73. The van der Waals surface area contributed by atoms with Gasteiger partial charge in [0.2, 0.25) is 5.91 Å². The topological polar surface area (TPSA) is 95.1 Å².